The fourth-order valence-corrected chi connectivity index (χ4v) is 0.930. The highest BCUT2D eigenvalue weighted by Crippen LogP contribution is 2.32. The van der Waals surface area contributed by atoms with Crippen molar-refractivity contribution >= 4 is 0 Å². The highest BCUT2D eigenvalue weighted by atomic mass is 19.4. The topological polar surface area (TPSA) is 36.7 Å². The molecule has 0 aliphatic heterocycles. The van der Waals surface area contributed by atoms with Crippen molar-refractivity contribution in [3.8, 4) is 6.07 Å². The third-order valence-electron chi connectivity index (χ3n) is 1.59. The first-order chi connectivity index (χ1) is 7.27. The number of nitrogens with zero attached hydrogens (tertiary/aromatic N) is 2. The van der Waals surface area contributed by atoms with Crippen molar-refractivity contribution in [1.82, 2.24) is 4.98 Å². The molecule has 0 aliphatic carbocycles. The minimum Gasteiger partial charge on any atom is -0.239 e. The van der Waals surface area contributed by atoms with Gasteiger partial charge >= 0.3 is 6.18 Å². The van der Waals surface area contributed by atoms with Gasteiger partial charge in [-0.3, -0.25) is 0 Å². The van der Waals surface area contributed by atoms with Crippen LogP contribution in [0.2, 0.25) is 0 Å². The Bertz CT molecular complexity index is 445. The maximum Gasteiger partial charge on any atom is 0.436 e. The average Bonchev–Trinajstić information content (AvgIpc) is 2.15. The van der Waals surface area contributed by atoms with Crippen molar-refractivity contribution in [3.05, 3.63) is 28.8 Å². The maximum absolute atomic E-state index is 13.0. The summed E-state index contributed by atoms with van der Waals surface area (Å²) in [4.78, 5) is 2.45. The van der Waals surface area contributed by atoms with E-state index < -0.39 is 35.4 Å². The number of aromatic nitrogens is 1. The number of hydrogen-bond acceptors (Lipinski definition) is 2. The van der Waals surface area contributed by atoms with E-state index >= 15 is 0 Å². The first-order valence-corrected chi connectivity index (χ1v) is 3.73. The van der Waals surface area contributed by atoms with Gasteiger partial charge in [-0.2, -0.15) is 18.4 Å². The summed E-state index contributed by atoms with van der Waals surface area (Å²) in [6.45, 7) is 0. The molecule has 1 aromatic rings. The molecule has 0 bridgehead atoms. The molecule has 0 aromatic carbocycles. The van der Waals surface area contributed by atoms with E-state index in [0.29, 0.717) is 0 Å². The fraction of sp³-hybridized carbons (Fsp3) is 0.250. The van der Waals surface area contributed by atoms with E-state index in [4.69, 9.17) is 5.26 Å². The van der Waals surface area contributed by atoms with Crippen LogP contribution in [0.4, 0.5) is 26.3 Å². The summed E-state index contributed by atoms with van der Waals surface area (Å²) in [5, 5.41) is 8.28. The summed E-state index contributed by atoms with van der Waals surface area (Å²) in [7, 11) is 0. The summed E-state index contributed by atoms with van der Waals surface area (Å²) in [6, 6.07) is 1.34. The van der Waals surface area contributed by atoms with E-state index in [-0.39, 0.29) is 6.07 Å². The number of pyridine rings is 1. The van der Waals surface area contributed by atoms with Crippen LogP contribution >= 0.6 is 0 Å². The molecule has 86 valence electrons. The van der Waals surface area contributed by atoms with Crippen molar-refractivity contribution in [2.24, 2.45) is 0 Å². The summed E-state index contributed by atoms with van der Waals surface area (Å²) in [5.41, 5.74) is -4.51. The lowest BCUT2D eigenvalue weighted by atomic mass is 10.2. The Balaban J connectivity index is 3.50. The molecule has 0 radical (unpaired) electrons. The molecule has 1 aromatic heterocycles. The van der Waals surface area contributed by atoms with Gasteiger partial charge in [0.15, 0.2) is 11.5 Å². The second-order valence-corrected chi connectivity index (χ2v) is 2.67. The van der Waals surface area contributed by atoms with Crippen LogP contribution in [0.5, 0.6) is 0 Å². The highest BCUT2D eigenvalue weighted by Gasteiger charge is 2.38. The summed E-state index contributed by atoms with van der Waals surface area (Å²) in [5.74, 6) is -1.94. The molecular formula is C8H2F6N2. The van der Waals surface area contributed by atoms with E-state index in [1.807, 2.05) is 0 Å². The molecule has 16 heavy (non-hydrogen) atoms. The predicted octanol–water partition coefficient (Wildman–Crippen LogP) is 3.05. The molecule has 0 saturated heterocycles. The van der Waals surface area contributed by atoms with E-state index in [2.05, 4.69) is 4.98 Å². The van der Waals surface area contributed by atoms with Crippen molar-refractivity contribution in [2.75, 3.05) is 0 Å². The molecule has 0 amide bonds. The van der Waals surface area contributed by atoms with Gasteiger partial charge in [0, 0.05) is 0 Å². The van der Waals surface area contributed by atoms with Crippen LogP contribution in [-0.4, -0.2) is 4.98 Å². The fourth-order valence-electron chi connectivity index (χ4n) is 0.930. The molecule has 0 aliphatic rings. The van der Waals surface area contributed by atoms with Crippen molar-refractivity contribution in [3.63, 3.8) is 0 Å². The smallest absolute Gasteiger partial charge is 0.239 e. The van der Waals surface area contributed by atoms with Gasteiger partial charge in [0.2, 0.25) is 0 Å². The third kappa shape index (κ3) is 2.24. The number of hydrogen-bond donors (Lipinski definition) is 0. The Morgan fingerprint density at radius 3 is 2.25 bits per heavy atom. The van der Waals surface area contributed by atoms with Gasteiger partial charge in [-0.15, -0.1) is 0 Å². The van der Waals surface area contributed by atoms with E-state index in [1.165, 1.54) is 0 Å². The van der Waals surface area contributed by atoms with Gasteiger partial charge in [-0.05, 0) is 6.07 Å². The van der Waals surface area contributed by atoms with Crippen LogP contribution in [0.3, 0.4) is 0 Å². The average molecular weight is 240 g/mol. The van der Waals surface area contributed by atoms with Crippen molar-refractivity contribution < 1.29 is 26.3 Å². The molecule has 8 heteroatoms. The Kier molecular flexibility index (Phi) is 3.07. The van der Waals surface area contributed by atoms with Gasteiger partial charge in [0.25, 0.3) is 6.43 Å². The Hall–Kier alpha value is -1.78. The van der Waals surface area contributed by atoms with E-state index in [9.17, 15) is 26.3 Å². The second kappa shape index (κ2) is 4.00. The number of rotatable bonds is 1. The minimum atomic E-state index is -5.22. The van der Waals surface area contributed by atoms with Crippen LogP contribution in [0, 0.1) is 17.1 Å². The van der Waals surface area contributed by atoms with Crippen LogP contribution < -0.4 is 0 Å². The summed E-state index contributed by atoms with van der Waals surface area (Å²) >= 11 is 0. The van der Waals surface area contributed by atoms with E-state index in [1.54, 1.807) is 0 Å². The largest absolute Gasteiger partial charge is 0.436 e. The Morgan fingerprint density at radius 1 is 1.31 bits per heavy atom. The normalized spacial score (nSPS) is 11.6. The van der Waals surface area contributed by atoms with Crippen molar-refractivity contribution in [1.29, 1.82) is 5.26 Å². The van der Waals surface area contributed by atoms with Crippen molar-refractivity contribution in [2.45, 2.75) is 12.6 Å². The number of nitriles is 1. The van der Waals surface area contributed by atoms with Gasteiger partial charge in [-0.1, -0.05) is 0 Å². The van der Waals surface area contributed by atoms with Crippen LogP contribution in [0.25, 0.3) is 0 Å². The van der Waals surface area contributed by atoms with Crippen LogP contribution in [0.1, 0.15) is 23.4 Å². The SMILES string of the molecule is N#Cc1cc(C(F)F)nc(C(F)(F)F)c1F. The molecule has 0 saturated carbocycles. The van der Waals surface area contributed by atoms with Gasteiger partial charge < -0.3 is 0 Å². The zero-order valence-electron chi connectivity index (χ0n) is 7.32. The molecule has 1 heterocycles. The zero-order chi connectivity index (χ0) is 12.5. The van der Waals surface area contributed by atoms with Crippen LogP contribution in [0.15, 0.2) is 6.07 Å². The molecule has 2 nitrogen and oxygen atoms in total. The first kappa shape index (κ1) is 12.3. The predicted molar refractivity (Wildman–Crippen MR) is 38.9 cm³/mol. The standard InChI is InChI=1S/C8H2F6N2/c9-5-3(2-15)1-4(7(10)11)16-6(5)8(12,13)14/h1,7H. The molecule has 1 rings (SSSR count). The maximum atomic E-state index is 13.0. The lowest BCUT2D eigenvalue weighted by Crippen LogP contribution is -2.14. The molecular weight excluding hydrogens is 238 g/mol. The zero-order valence-corrected chi connectivity index (χ0v) is 7.32. The van der Waals surface area contributed by atoms with Crippen LogP contribution in [-0.2, 0) is 6.18 Å². The summed E-state index contributed by atoms with van der Waals surface area (Å²) < 4.78 is 73.7. The first-order valence-electron chi connectivity index (χ1n) is 3.73. The Morgan fingerprint density at radius 2 is 1.88 bits per heavy atom. The minimum absolute atomic E-state index is 0.287. The lowest BCUT2D eigenvalue weighted by molar-refractivity contribution is -0.144. The molecule has 0 fully saturated rings. The number of alkyl halides is 5. The summed E-state index contributed by atoms with van der Waals surface area (Å²) in [6.07, 6.45) is -8.53. The highest BCUT2D eigenvalue weighted by molar-refractivity contribution is 5.35. The van der Waals surface area contributed by atoms with Gasteiger partial charge in [0.1, 0.15) is 11.8 Å². The number of halogens is 6. The van der Waals surface area contributed by atoms with Gasteiger partial charge in [-0.25, -0.2) is 18.2 Å². The monoisotopic (exact) mass is 240 g/mol. The molecule has 0 unspecified atom stereocenters. The molecule has 0 spiro atoms. The lowest BCUT2D eigenvalue weighted by Gasteiger charge is -2.09. The Labute approximate surface area is 85.1 Å². The van der Waals surface area contributed by atoms with E-state index in [0.717, 1.165) is 6.07 Å². The second-order valence-electron chi connectivity index (χ2n) is 2.67. The molecule has 0 atom stereocenters. The quantitative estimate of drug-likeness (QED) is 0.707. The molecule has 0 N–H and O–H groups in total. The third-order valence-corrected chi connectivity index (χ3v) is 1.59. The van der Waals surface area contributed by atoms with Gasteiger partial charge in [0.05, 0.1) is 5.56 Å².